The second-order valence-electron chi connectivity index (χ2n) is 41.6. The lowest BCUT2D eigenvalue weighted by Gasteiger charge is -2.22. The summed E-state index contributed by atoms with van der Waals surface area (Å²) in [5.74, 6) is -0.799. The molecule has 822 valence electrons. The Hall–Kier alpha value is -5.67. The molecule has 1 aromatic rings. The van der Waals surface area contributed by atoms with Crippen LogP contribution in [0.3, 0.4) is 0 Å². The minimum atomic E-state index is -0.135. The summed E-state index contributed by atoms with van der Waals surface area (Å²) in [6.07, 6.45) is 74.3. The SMILES string of the molecule is CCCCCC(CC)OC(=O)CCCCCCCCN(CCCCCCCCC(=O)OC(CC)CCCCC)CCCC(=O)Nc1cc(NC(=O)CCCN(CCCCCCCCC(=O)OC(CC)CCCCC)CCCCCCCCC(=O)OC(CC)CCCCC)cc(NC(=O)CCCN(CCCCCCCCC(=O)OC(CC)CCCCC)CCCCCCCCC(=O)OC(CC)CCCCC)c1. The zero-order chi connectivity index (χ0) is 103. The van der Waals surface area contributed by atoms with E-state index in [4.69, 9.17) is 28.4 Å². The molecule has 0 fully saturated rings. The molecule has 0 aliphatic heterocycles. The van der Waals surface area contributed by atoms with Gasteiger partial charge in [0, 0.05) is 74.8 Å². The van der Waals surface area contributed by atoms with Crippen molar-refractivity contribution in [2.24, 2.45) is 0 Å². The lowest BCUT2D eigenvalue weighted by molar-refractivity contribution is -0.150. The van der Waals surface area contributed by atoms with Crippen LogP contribution in [0.5, 0.6) is 0 Å². The molecule has 0 saturated heterocycles. The zero-order valence-electron chi connectivity index (χ0n) is 93.7. The van der Waals surface area contributed by atoms with Gasteiger partial charge in [-0.3, -0.25) is 43.2 Å². The summed E-state index contributed by atoms with van der Waals surface area (Å²) in [7, 11) is 0. The minimum absolute atomic E-state index is 0.0223. The number of unbranched alkanes of at least 4 members (excludes halogenated alkanes) is 42. The van der Waals surface area contributed by atoms with Crippen LogP contribution in [-0.4, -0.2) is 164 Å². The maximum absolute atomic E-state index is 14.3. The monoisotopic (exact) mass is 1990 g/mol. The first-order chi connectivity index (χ1) is 68.7. The number of anilines is 3. The maximum atomic E-state index is 14.3. The van der Waals surface area contributed by atoms with Gasteiger partial charge in [0.05, 0.1) is 0 Å². The third-order valence-electron chi connectivity index (χ3n) is 28.3. The van der Waals surface area contributed by atoms with E-state index in [0.717, 1.165) is 483 Å². The van der Waals surface area contributed by atoms with E-state index in [9.17, 15) is 43.2 Å². The Morgan fingerprint density at radius 3 is 0.475 bits per heavy atom. The van der Waals surface area contributed by atoms with Gasteiger partial charge in [0.1, 0.15) is 36.6 Å². The van der Waals surface area contributed by atoms with Gasteiger partial charge in [0.2, 0.25) is 17.7 Å². The van der Waals surface area contributed by atoms with Crippen LogP contribution in [0.1, 0.15) is 584 Å². The standard InChI is InChI=1S/C120H222N6O15/c1-13-25-55-76-106(19-7)136-115(130)85-61-43-31-37-49-67-91-124(92-68-50-38-32-44-62-86-116(131)137-107(20-8)77-56-26-14-2)97-73-82-112(127)121-103-100-104(122-113(128)83-74-98-125(93-69-51-39-33-45-63-87-117(132)138-108(21-9)78-57-27-15-3)94-70-52-40-34-46-64-88-118(133)139-109(22-10)79-58-28-16-4)102-105(101-103)123-114(129)84-75-99-126(95-71-53-41-35-47-65-89-119(134)140-110(23-11)80-59-29-17-5)96-72-54-42-36-48-66-90-120(135)141-111(24-12)81-60-30-18-6/h100-102,106-111H,13-99H2,1-12H3,(H,121,127)(H,122,128)(H,123,129). The van der Waals surface area contributed by atoms with E-state index in [0.29, 0.717) is 94.1 Å². The molecule has 0 aromatic heterocycles. The number of hydrogen-bond donors (Lipinski definition) is 3. The summed E-state index contributed by atoms with van der Waals surface area (Å²) in [5, 5.41) is 9.59. The molecular weight excluding hydrogens is 1770 g/mol. The first-order valence-corrected chi connectivity index (χ1v) is 60.1. The molecule has 0 heterocycles. The van der Waals surface area contributed by atoms with Crippen molar-refractivity contribution in [2.75, 3.05) is 74.9 Å². The van der Waals surface area contributed by atoms with Gasteiger partial charge in [-0.1, -0.05) is 314 Å². The Morgan fingerprint density at radius 2 is 0.326 bits per heavy atom. The molecule has 6 atom stereocenters. The van der Waals surface area contributed by atoms with Crippen LogP contribution in [0.15, 0.2) is 18.2 Å². The molecule has 21 heteroatoms. The van der Waals surface area contributed by atoms with E-state index in [1.165, 1.54) is 0 Å². The van der Waals surface area contributed by atoms with Crippen molar-refractivity contribution in [3.8, 4) is 0 Å². The van der Waals surface area contributed by atoms with Crippen LogP contribution in [-0.2, 0) is 71.6 Å². The molecule has 0 bridgehead atoms. The van der Waals surface area contributed by atoms with Crippen LogP contribution in [0.25, 0.3) is 0 Å². The molecule has 6 unspecified atom stereocenters. The van der Waals surface area contributed by atoms with Gasteiger partial charge in [-0.05, 0) is 289 Å². The summed E-state index contributed by atoms with van der Waals surface area (Å²) in [6, 6.07) is 5.43. The highest BCUT2D eigenvalue weighted by Gasteiger charge is 2.22. The van der Waals surface area contributed by atoms with Crippen molar-refractivity contribution in [3.05, 3.63) is 18.2 Å². The van der Waals surface area contributed by atoms with Gasteiger partial charge >= 0.3 is 35.8 Å². The van der Waals surface area contributed by atoms with Crippen LogP contribution in [0.4, 0.5) is 17.1 Å². The zero-order valence-corrected chi connectivity index (χ0v) is 93.7. The van der Waals surface area contributed by atoms with Gasteiger partial charge in [0.25, 0.3) is 0 Å². The molecule has 0 aliphatic rings. The minimum Gasteiger partial charge on any atom is -0.462 e. The number of ether oxygens (including phenoxy) is 6. The fourth-order valence-corrected chi connectivity index (χ4v) is 19.1. The van der Waals surface area contributed by atoms with Crippen molar-refractivity contribution < 1.29 is 71.6 Å². The molecule has 0 radical (unpaired) electrons. The Morgan fingerprint density at radius 1 is 0.184 bits per heavy atom. The van der Waals surface area contributed by atoms with E-state index in [1.807, 2.05) is 18.2 Å². The Bertz CT molecular complexity index is 2660. The van der Waals surface area contributed by atoms with E-state index in [2.05, 4.69) is 114 Å². The van der Waals surface area contributed by atoms with Crippen molar-refractivity contribution >= 4 is 70.6 Å². The van der Waals surface area contributed by atoms with E-state index in [1.54, 1.807) is 0 Å². The van der Waals surface area contributed by atoms with Gasteiger partial charge in [-0.15, -0.1) is 0 Å². The van der Waals surface area contributed by atoms with Crippen molar-refractivity contribution in [1.82, 2.24) is 14.7 Å². The van der Waals surface area contributed by atoms with Gasteiger partial charge in [-0.2, -0.15) is 0 Å². The molecule has 1 aromatic carbocycles. The first-order valence-electron chi connectivity index (χ1n) is 60.1. The van der Waals surface area contributed by atoms with Gasteiger partial charge < -0.3 is 59.1 Å². The number of amides is 3. The molecule has 3 N–H and O–H groups in total. The first kappa shape index (κ1) is 133. The number of nitrogens with zero attached hydrogens (tertiary/aromatic N) is 3. The number of hydrogen-bond acceptors (Lipinski definition) is 18. The maximum Gasteiger partial charge on any atom is 0.306 e. The van der Waals surface area contributed by atoms with E-state index in [-0.39, 0.29) is 90.2 Å². The number of rotatable bonds is 105. The van der Waals surface area contributed by atoms with Crippen LogP contribution < -0.4 is 16.0 Å². The molecular formula is C120H222N6O15. The second-order valence-corrected chi connectivity index (χ2v) is 41.6. The van der Waals surface area contributed by atoms with Crippen LogP contribution >= 0.6 is 0 Å². The van der Waals surface area contributed by atoms with Gasteiger partial charge in [0.15, 0.2) is 0 Å². The summed E-state index contributed by atoms with van der Waals surface area (Å²) < 4.78 is 35.1. The molecule has 1 rings (SSSR count). The Kier molecular flexibility index (Phi) is 92.4. The summed E-state index contributed by atoms with van der Waals surface area (Å²) in [6.45, 7) is 33.8. The number of carbonyl (C=O) groups is 9. The van der Waals surface area contributed by atoms with Crippen LogP contribution in [0.2, 0.25) is 0 Å². The molecule has 3 amide bonds. The molecule has 0 spiro atoms. The molecule has 0 saturated carbocycles. The third kappa shape index (κ3) is 83.0. The normalized spacial score (nSPS) is 12.9. The summed E-state index contributed by atoms with van der Waals surface area (Å²) in [5.41, 5.74) is 1.50. The highest BCUT2D eigenvalue weighted by molar-refractivity contribution is 5.98. The lowest BCUT2D eigenvalue weighted by Crippen LogP contribution is -2.28. The molecule has 141 heavy (non-hydrogen) atoms. The topological polar surface area (TPSA) is 255 Å². The van der Waals surface area contributed by atoms with Gasteiger partial charge in [-0.25, -0.2) is 0 Å². The summed E-state index contributed by atoms with van der Waals surface area (Å²) >= 11 is 0. The highest BCUT2D eigenvalue weighted by Crippen LogP contribution is 2.28. The fraction of sp³-hybridized carbons (Fsp3) is 0.875. The summed E-state index contributed by atoms with van der Waals surface area (Å²) in [4.78, 5) is 127. The quantitative estimate of drug-likeness (QED) is 0.0311. The van der Waals surface area contributed by atoms with Crippen molar-refractivity contribution in [2.45, 2.75) is 621 Å². The lowest BCUT2D eigenvalue weighted by atomic mass is 10.1. The molecule has 0 aliphatic carbocycles. The average Bonchev–Trinajstić information content (AvgIpc) is 0.848. The van der Waals surface area contributed by atoms with Crippen molar-refractivity contribution in [1.29, 1.82) is 0 Å². The smallest absolute Gasteiger partial charge is 0.306 e. The number of carbonyl (C=O) groups excluding carboxylic acids is 9. The largest absolute Gasteiger partial charge is 0.462 e. The average molecular weight is 1990 g/mol. The number of benzene rings is 1. The highest BCUT2D eigenvalue weighted by atomic mass is 16.6. The van der Waals surface area contributed by atoms with Crippen molar-refractivity contribution in [3.63, 3.8) is 0 Å². The Balaban J connectivity index is 3.51. The fourth-order valence-electron chi connectivity index (χ4n) is 19.1. The molecule has 21 nitrogen and oxygen atoms in total. The second kappa shape index (κ2) is 97.7. The predicted molar refractivity (Wildman–Crippen MR) is 589 cm³/mol. The van der Waals surface area contributed by atoms with E-state index < -0.39 is 0 Å². The number of esters is 6. The van der Waals surface area contributed by atoms with E-state index >= 15 is 0 Å². The number of nitrogens with one attached hydrogen (secondary N) is 3. The predicted octanol–water partition coefficient (Wildman–Crippen LogP) is 32.5. The Labute approximate surface area is 865 Å². The van der Waals surface area contributed by atoms with Crippen LogP contribution in [0, 0.1) is 0 Å². The third-order valence-corrected chi connectivity index (χ3v) is 28.3.